The van der Waals surface area contributed by atoms with Crippen molar-refractivity contribution in [1.82, 2.24) is 4.90 Å². The Kier molecular flexibility index (Phi) is 5.49. The maximum Gasteiger partial charge on any atom is 0.0167 e. The Hall–Kier alpha value is -0.0800. The molecule has 14 heavy (non-hydrogen) atoms. The van der Waals surface area contributed by atoms with Crippen molar-refractivity contribution in [2.75, 3.05) is 13.1 Å². The molecule has 0 aromatic heterocycles. The highest BCUT2D eigenvalue weighted by Crippen LogP contribution is 2.19. The molecule has 0 spiro atoms. The van der Waals surface area contributed by atoms with Crippen molar-refractivity contribution >= 4 is 0 Å². The fourth-order valence-electron chi connectivity index (χ4n) is 2.53. The lowest BCUT2D eigenvalue weighted by molar-refractivity contribution is 0.134. The zero-order chi connectivity index (χ0) is 10.4. The summed E-state index contributed by atoms with van der Waals surface area (Å²) in [7, 11) is 0. The van der Waals surface area contributed by atoms with E-state index < -0.39 is 0 Å². The molecule has 0 radical (unpaired) electrons. The van der Waals surface area contributed by atoms with E-state index in [0.717, 1.165) is 12.6 Å². The van der Waals surface area contributed by atoms with Crippen molar-refractivity contribution in [3.8, 4) is 0 Å². The first-order chi connectivity index (χ1) is 6.77. The van der Waals surface area contributed by atoms with E-state index in [4.69, 9.17) is 5.73 Å². The van der Waals surface area contributed by atoms with Crippen LogP contribution in [0.1, 0.15) is 52.4 Å². The lowest BCUT2D eigenvalue weighted by Crippen LogP contribution is -2.45. The smallest absolute Gasteiger partial charge is 0.0167 e. The molecule has 0 amide bonds. The van der Waals surface area contributed by atoms with E-state index in [1.807, 2.05) is 0 Å². The number of nitrogens with zero attached hydrogens (tertiary/aromatic N) is 1. The van der Waals surface area contributed by atoms with E-state index >= 15 is 0 Å². The summed E-state index contributed by atoms with van der Waals surface area (Å²) in [5.74, 6) is 0. The molecule has 2 nitrogen and oxygen atoms in total. The minimum Gasteiger partial charge on any atom is -0.327 e. The Labute approximate surface area is 88.8 Å². The SMILES string of the molecule is CCCC(N)CN1CCCCC1CC. The second-order valence-electron chi connectivity index (χ2n) is 4.60. The van der Waals surface area contributed by atoms with Gasteiger partial charge in [-0.3, -0.25) is 4.90 Å². The molecule has 0 aliphatic carbocycles. The molecule has 0 saturated carbocycles. The summed E-state index contributed by atoms with van der Waals surface area (Å²) in [6.07, 6.45) is 7.85. The normalized spacial score (nSPS) is 26.4. The number of rotatable bonds is 5. The maximum absolute atomic E-state index is 6.09. The molecule has 2 N–H and O–H groups in total. The number of likely N-dealkylation sites (tertiary alicyclic amines) is 1. The van der Waals surface area contributed by atoms with Gasteiger partial charge in [-0.1, -0.05) is 26.7 Å². The van der Waals surface area contributed by atoms with Crippen LogP contribution in [-0.4, -0.2) is 30.1 Å². The fourth-order valence-corrected chi connectivity index (χ4v) is 2.53. The second kappa shape index (κ2) is 6.41. The average molecular weight is 198 g/mol. The molecule has 1 aliphatic rings. The molecule has 1 heterocycles. The third kappa shape index (κ3) is 3.58. The van der Waals surface area contributed by atoms with Crippen LogP contribution in [0.2, 0.25) is 0 Å². The van der Waals surface area contributed by atoms with Crippen LogP contribution in [0.5, 0.6) is 0 Å². The largest absolute Gasteiger partial charge is 0.327 e. The molecule has 1 fully saturated rings. The second-order valence-corrected chi connectivity index (χ2v) is 4.60. The molecule has 84 valence electrons. The number of hydrogen-bond donors (Lipinski definition) is 1. The van der Waals surface area contributed by atoms with E-state index in [2.05, 4.69) is 18.7 Å². The maximum atomic E-state index is 6.09. The van der Waals surface area contributed by atoms with Crippen molar-refractivity contribution in [3.05, 3.63) is 0 Å². The van der Waals surface area contributed by atoms with Crippen LogP contribution in [0.15, 0.2) is 0 Å². The molecule has 2 atom stereocenters. The molecular formula is C12H26N2. The summed E-state index contributed by atoms with van der Waals surface area (Å²) in [6, 6.07) is 1.21. The molecule has 1 saturated heterocycles. The molecule has 1 aliphatic heterocycles. The molecule has 2 heteroatoms. The fraction of sp³-hybridized carbons (Fsp3) is 1.00. The topological polar surface area (TPSA) is 29.3 Å². The molecule has 0 aromatic carbocycles. The average Bonchev–Trinajstić information content (AvgIpc) is 2.19. The minimum absolute atomic E-state index is 0.396. The molecule has 1 rings (SSSR count). The van der Waals surface area contributed by atoms with Gasteiger partial charge in [0, 0.05) is 18.6 Å². The van der Waals surface area contributed by atoms with Gasteiger partial charge in [0.2, 0.25) is 0 Å². The third-order valence-corrected chi connectivity index (χ3v) is 3.35. The van der Waals surface area contributed by atoms with Crippen molar-refractivity contribution in [2.24, 2.45) is 5.73 Å². The zero-order valence-electron chi connectivity index (χ0n) is 9.84. The van der Waals surface area contributed by atoms with Crippen LogP contribution in [-0.2, 0) is 0 Å². The van der Waals surface area contributed by atoms with Gasteiger partial charge in [-0.15, -0.1) is 0 Å². The Morgan fingerprint density at radius 2 is 2.14 bits per heavy atom. The summed E-state index contributed by atoms with van der Waals surface area (Å²) in [5, 5.41) is 0. The molecule has 0 aromatic rings. The first-order valence-electron chi connectivity index (χ1n) is 6.27. The van der Waals surface area contributed by atoms with Gasteiger partial charge >= 0.3 is 0 Å². The Balaban J connectivity index is 2.32. The van der Waals surface area contributed by atoms with E-state index in [1.54, 1.807) is 0 Å². The van der Waals surface area contributed by atoms with Crippen molar-refractivity contribution in [2.45, 2.75) is 64.5 Å². The lowest BCUT2D eigenvalue weighted by atomic mass is 9.99. The van der Waals surface area contributed by atoms with Crippen LogP contribution in [0.4, 0.5) is 0 Å². The highest BCUT2D eigenvalue weighted by molar-refractivity contribution is 4.78. The van der Waals surface area contributed by atoms with E-state index in [1.165, 1.54) is 45.1 Å². The van der Waals surface area contributed by atoms with Crippen molar-refractivity contribution in [1.29, 1.82) is 0 Å². The van der Waals surface area contributed by atoms with Gasteiger partial charge < -0.3 is 5.73 Å². The van der Waals surface area contributed by atoms with Crippen LogP contribution in [0.25, 0.3) is 0 Å². The van der Waals surface area contributed by atoms with Crippen LogP contribution >= 0.6 is 0 Å². The molecule has 0 bridgehead atoms. The van der Waals surface area contributed by atoms with Gasteiger partial charge in [-0.25, -0.2) is 0 Å². The first-order valence-corrected chi connectivity index (χ1v) is 6.27. The highest BCUT2D eigenvalue weighted by Gasteiger charge is 2.21. The molecule has 2 unspecified atom stereocenters. The monoisotopic (exact) mass is 198 g/mol. The number of piperidine rings is 1. The quantitative estimate of drug-likeness (QED) is 0.735. The summed E-state index contributed by atoms with van der Waals surface area (Å²) in [4.78, 5) is 2.61. The minimum atomic E-state index is 0.396. The van der Waals surface area contributed by atoms with Gasteiger partial charge in [0.15, 0.2) is 0 Å². The zero-order valence-corrected chi connectivity index (χ0v) is 9.84. The van der Waals surface area contributed by atoms with Gasteiger partial charge in [-0.05, 0) is 32.2 Å². The predicted molar refractivity (Wildman–Crippen MR) is 62.4 cm³/mol. The summed E-state index contributed by atoms with van der Waals surface area (Å²) < 4.78 is 0. The first kappa shape index (κ1) is 12.0. The van der Waals surface area contributed by atoms with Crippen LogP contribution in [0, 0.1) is 0 Å². The lowest BCUT2D eigenvalue weighted by Gasteiger charge is -2.36. The summed E-state index contributed by atoms with van der Waals surface area (Å²) in [5.41, 5.74) is 6.09. The highest BCUT2D eigenvalue weighted by atomic mass is 15.2. The van der Waals surface area contributed by atoms with E-state index in [9.17, 15) is 0 Å². The van der Waals surface area contributed by atoms with E-state index in [-0.39, 0.29) is 0 Å². The van der Waals surface area contributed by atoms with Crippen molar-refractivity contribution < 1.29 is 0 Å². The van der Waals surface area contributed by atoms with Crippen LogP contribution in [0.3, 0.4) is 0 Å². The Morgan fingerprint density at radius 1 is 1.36 bits per heavy atom. The molecular weight excluding hydrogens is 172 g/mol. The van der Waals surface area contributed by atoms with Gasteiger partial charge in [0.1, 0.15) is 0 Å². The van der Waals surface area contributed by atoms with Gasteiger partial charge in [-0.2, -0.15) is 0 Å². The Morgan fingerprint density at radius 3 is 2.79 bits per heavy atom. The van der Waals surface area contributed by atoms with Crippen molar-refractivity contribution in [3.63, 3.8) is 0 Å². The third-order valence-electron chi connectivity index (χ3n) is 3.35. The van der Waals surface area contributed by atoms with Gasteiger partial charge in [0.05, 0.1) is 0 Å². The van der Waals surface area contributed by atoms with Gasteiger partial charge in [0.25, 0.3) is 0 Å². The standard InChI is InChI=1S/C12H26N2/c1-3-7-11(13)10-14-9-6-5-8-12(14)4-2/h11-12H,3-10,13H2,1-2H3. The summed E-state index contributed by atoms with van der Waals surface area (Å²) >= 11 is 0. The predicted octanol–water partition coefficient (Wildman–Crippen LogP) is 2.38. The number of nitrogens with two attached hydrogens (primary N) is 1. The van der Waals surface area contributed by atoms with Crippen LogP contribution < -0.4 is 5.73 Å². The van der Waals surface area contributed by atoms with E-state index in [0.29, 0.717) is 6.04 Å². The summed E-state index contributed by atoms with van der Waals surface area (Å²) in [6.45, 7) is 6.91. The Bertz CT molecular complexity index is 147. The number of hydrogen-bond acceptors (Lipinski definition) is 2.